The predicted molar refractivity (Wildman–Crippen MR) is 169 cm³/mol. The summed E-state index contributed by atoms with van der Waals surface area (Å²) in [7, 11) is 0. The summed E-state index contributed by atoms with van der Waals surface area (Å²) in [6.07, 6.45) is 1.99. The minimum absolute atomic E-state index is 0.970. The average Bonchev–Trinajstić information content (AvgIpc) is 3.03. The van der Waals surface area contributed by atoms with Crippen molar-refractivity contribution in [3.8, 4) is 0 Å². The van der Waals surface area contributed by atoms with Gasteiger partial charge in [-0.25, -0.2) is 0 Å². The summed E-state index contributed by atoms with van der Waals surface area (Å²) in [6, 6.07) is 55.1. The first-order valence-corrected chi connectivity index (χ1v) is 13.5. The van der Waals surface area contributed by atoms with Crippen LogP contribution < -0.4 is 9.80 Å². The molecule has 190 valence electrons. The number of nitrogens with zero attached hydrogens (tertiary/aromatic N) is 3. The molecule has 0 radical (unpaired) electrons. The highest BCUT2D eigenvalue weighted by molar-refractivity contribution is 6.07. The van der Waals surface area contributed by atoms with Gasteiger partial charge in [0, 0.05) is 51.1 Å². The Morgan fingerprint density at radius 1 is 0.350 bits per heavy atom. The van der Waals surface area contributed by atoms with Crippen molar-refractivity contribution in [1.82, 2.24) is 4.98 Å². The van der Waals surface area contributed by atoms with Gasteiger partial charge in [-0.05, 0) is 78.2 Å². The SMILES string of the molecule is c1ccc(N(c2ccccc2)c2ccc3c(cnc4cc(N(c5ccccc5)c5ccccc5)ccc43)c2)cc1. The average molecular weight is 514 g/mol. The Kier molecular flexibility index (Phi) is 6.15. The third-order valence-corrected chi connectivity index (χ3v) is 7.22. The molecule has 1 heterocycles. The lowest BCUT2D eigenvalue weighted by Gasteiger charge is -2.26. The number of pyridine rings is 1. The van der Waals surface area contributed by atoms with Crippen LogP contribution in [0, 0.1) is 0 Å². The molecule has 0 aliphatic heterocycles. The number of para-hydroxylation sites is 4. The molecule has 7 rings (SSSR count). The van der Waals surface area contributed by atoms with E-state index in [4.69, 9.17) is 4.98 Å². The lowest BCUT2D eigenvalue weighted by atomic mass is 10.0. The molecule has 0 saturated carbocycles. The van der Waals surface area contributed by atoms with E-state index in [1.807, 2.05) is 30.5 Å². The molecule has 0 unspecified atom stereocenters. The molecule has 3 nitrogen and oxygen atoms in total. The predicted octanol–water partition coefficient (Wildman–Crippen LogP) is 10.3. The van der Waals surface area contributed by atoms with Gasteiger partial charge in [0.1, 0.15) is 0 Å². The van der Waals surface area contributed by atoms with Gasteiger partial charge in [-0.1, -0.05) is 84.9 Å². The molecule has 0 aliphatic carbocycles. The van der Waals surface area contributed by atoms with Crippen molar-refractivity contribution in [3.05, 3.63) is 164 Å². The molecule has 0 amide bonds. The second kappa shape index (κ2) is 10.4. The highest BCUT2D eigenvalue weighted by Crippen LogP contribution is 2.39. The number of hydrogen-bond acceptors (Lipinski definition) is 3. The maximum absolute atomic E-state index is 4.94. The summed E-state index contributed by atoms with van der Waals surface area (Å²) < 4.78 is 0. The summed E-state index contributed by atoms with van der Waals surface area (Å²) >= 11 is 0. The summed E-state index contributed by atoms with van der Waals surface area (Å²) in [5.41, 5.74) is 7.61. The molecular weight excluding hydrogens is 486 g/mol. The van der Waals surface area contributed by atoms with Crippen molar-refractivity contribution in [1.29, 1.82) is 0 Å². The minimum atomic E-state index is 0.970. The monoisotopic (exact) mass is 513 g/mol. The van der Waals surface area contributed by atoms with Gasteiger partial charge in [-0.15, -0.1) is 0 Å². The first-order valence-electron chi connectivity index (χ1n) is 13.5. The molecule has 0 fully saturated rings. The molecule has 7 aromatic rings. The van der Waals surface area contributed by atoms with Gasteiger partial charge in [0.25, 0.3) is 0 Å². The van der Waals surface area contributed by atoms with Gasteiger partial charge in [0.2, 0.25) is 0 Å². The molecule has 0 N–H and O–H groups in total. The van der Waals surface area contributed by atoms with E-state index >= 15 is 0 Å². The van der Waals surface area contributed by atoms with Crippen LogP contribution in [0.5, 0.6) is 0 Å². The van der Waals surface area contributed by atoms with Crippen molar-refractivity contribution in [2.75, 3.05) is 9.80 Å². The second-order valence-corrected chi connectivity index (χ2v) is 9.74. The molecule has 6 aromatic carbocycles. The number of rotatable bonds is 6. The quantitative estimate of drug-likeness (QED) is 0.206. The maximum Gasteiger partial charge on any atom is 0.0729 e. The third kappa shape index (κ3) is 4.44. The van der Waals surface area contributed by atoms with Crippen LogP contribution in [0.15, 0.2) is 164 Å². The van der Waals surface area contributed by atoms with E-state index in [0.29, 0.717) is 0 Å². The largest absolute Gasteiger partial charge is 0.310 e. The smallest absolute Gasteiger partial charge is 0.0729 e. The van der Waals surface area contributed by atoms with Crippen molar-refractivity contribution >= 4 is 55.8 Å². The van der Waals surface area contributed by atoms with E-state index in [9.17, 15) is 0 Å². The van der Waals surface area contributed by atoms with Crippen LogP contribution in [-0.2, 0) is 0 Å². The Bertz CT molecular complexity index is 1670. The first-order chi connectivity index (χ1) is 19.8. The van der Waals surface area contributed by atoms with Gasteiger partial charge in [0.05, 0.1) is 5.52 Å². The van der Waals surface area contributed by atoms with E-state index in [-0.39, 0.29) is 0 Å². The summed E-state index contributed by atoms with van der Waals surface area (Å²) in [4.78, 5) is 9.49. The van der Waals surface area contributed by atoms with Crippen LogP contribution in [0.25, 0.3) is 21.7 Å². The van der Waals surface area contributed by atoms with E-state index in [1.54, 1.807) is 0 Å². The van der Waals surface area contributed by atoms with Crippen molar-refractivity contribution < 1.29 is 0 Å². The molecule has 0 saturated heterocycles. The van der Waals surface area contributed by atoms with Crippen LogP contribution in [0.4, 0.5) is 34.1 Å². The normalized spacial score (nSPS) is 11.0. The van der Waals surface area contributed by atoms with E-state index in [2.05, 4.69) is 143 Å². The zero-order valence-electron chi connectivity index (χ0n) is 21.9. The number of fused-ring (bicyclic) bond motifs is 3. The van der Waals surface area contributed by atoms with Crippen molar-refractivity contribution in [2.45, 2.75) is 0 Å². The van der Waals surface area contributed by atoms with Crippen LogP contribution in [0.3, 0.4) is 0 Å². The van der Waals surface area contributed by atoms with Gasteiger partial charge < -0.3 is 9.80 Å². The molecule has 0 atom stereocenters. The zero-order valence-corrected chi connectivity index (χ0v) is 21.9. The molecular formula is C37H27N3. The van der Waals surface area contributed by atoms with Crippen LogP contribution >= 0.6 is 0 Å². The third-order valence-electron chi connectivity index (χ3n) is 7.22. The van der Waals surface area contributed by atoms with Crippen molar-refractivity contribution in [2.24, 2.45) is 0 Å². The highest BCUT2D eigenvalue weighted by atomic mass is 15.1. The number of hydrogen-bond donors (Lipinski definition) is 0. The van der Waals surface area contributed by atoms with Gasteiger partial charge in [-0.2, -0.15) is 0 Å². The van der Waals surface area contributed by atoms with E-state index in [0.717, 1.165) is 50.4 Å². The molecule has 1 aromatic heterocycles. The van der Waals surface area contributed by atoms with Crippen LogP contribution in [0.2, 0.25) is 0 Å². The Balaban J connectivity index is 1.33. The highest BCUT2D eigenvalue weighted by Gasteiger charge is 2.15. The first kappa shape index (κ1) is 23.7. The molecule has 0 spiro atoms. The van der Waals surface area contributed by atoms with Crippen LogP contribution in [0.1, 0.15) is 0 Å². The Labute approximate surface area is 234 Å². The summed E-state index contributed by atoms with van der Waals surface area (Å²) in [5.74, 6) is 0. The Morgan fingerprint density at radius 2 is 0.750 bits per heavy atom. The zero-order chi connectivity index (χ0) is 26.7. The van der Waals surface area contributed by atoms with Gasteiger partial charge in [-0.3, -0.25) is 4.98 Å². The standard InChI is InChI=1S/C37H27N3/c1-5-13-29(14-6-1)39(30-15-7-2-8-16-30)33-21-23-35-28(25-33)27-38-37-26-34(22-24-36(35)37)40(31-17-9-3-10-18-31)32-19-11-4-12-20-32/h1-27H. The van der Waals surface area contributed by atoms with Gasteiger partial charge >= 0.3 is 0 Å². The fraction of sp³-hybridized carbons (Fsp3) is 0. The topological polar surface area (TPSA) is 19.4 Å². The Morgan fingerprint density at radius 3 is 1.20 bits per heavy atom. The molecule has 0 aliphatic rings. The van der Waals surface area contributed by atoms with Crippen molar-refractivity contribution in [3.63, 3.8) is 0 Å². The lowest BCUT2D eigenvalue weighted by molar-refractivity contribution is 1.28. The lowest BCUT2D eigenvalue weighted by Crippen LogP contribution is -2.10. The molecule has 3 heteroatoms. The number of aromatic nitrogens is 1. The van der Waals surface area contributed by atoms with E-state index in [1.165, 1.54) is 5.39 Å². The number of anilines is 6. The number of benzene rings is 6. The van der Waals surface area contributed by atoms with Gasteiger partial charge in [0.15, 0.2) is 0 Å². The Hall–Kier alpha value is -5.41. The van der Waals surface area contributed by atoms with Crippen LogP contribution in [-0.4, -0.2) is 4.98 Å². The summed E-state index contributed by atoms with van der Waals surface area (Å²) in [5, 5.41) is 3.43. The molecule has 40 heavy (non-hydrogen) atoms. The van der Waals surface area contributed by atoms with E-state index < -0.39 is 0 Å². The minimum Gasteiger partial charge on any atom is -0.310 e. The summed E-state index contributed by atoms with van der Waals surface area (Å²) in [6.45, 7) is 0. The fourth-order valence-electron chi connectivity index (χ4n) is 5.38. The fourth-order valence-corrected chi connectivity index (χ4v) is 5.38. The maximum atomic E-state index is 4.94. The molecule has 0 bridgehead atoms. The second-order valence-electron chi connectivity index (χ2n) is 9.74.